The third kappa shape index (κ3) is 5.48. The van der Waals surface area contributed by atoms with Crippen LogP contribution in [0, 0.1) is 0 Å². The minimum absolute atomic E-state index is 0.0404. The van der Waals surface area contributed by atoms with Crippen molar-refractivity contribution in [2.24, 2.45) is 0 Å². The van der Waals surface area contributed by atoms with Crippen LogP contribution >= 0.6 is 0 Å². The number of ether oxygens (including phenoxy) is 2. The SMILES string of the molecule is CCCNC(=O)c1ccccc1N1CCC(NC(=O)c2ccc(OC)c(OC)c2)CC1. The molecular weight excluding hydrogens is 394 g/mol. The Labute approximate surface area is 183 Å². The van der Waals surface area contributed by atoms with Gasteiger partial charge in [0.05, 0.1) is 19.8 Å². The zero-order valence-electron chi connectivity index (χ0n) is 18.4. The van der Waals surface area contributed by atoms with Crippen LogP contribution in [-0.2, 0) is 0 Å². The van der Waals surface area contributed by atoms with Gasteiger partial charge in [-0.1, -0.05) is 19.1 Å². The van der Waals surface area contributed by atoms with Gasteiger partial charge in [-0.25, -0.2) is 0 Å². The number of anilines is 1. The van der Waals surface area contributed by atoms with Crippen molar-refractivity contribution in [2.75, 3.05) is 38.8 Å². The van der Waals surface area contributed by atoms with Gasteiger partial charge in [-0.3, -0.25) is 9.59 Å². The first-order chi connectivity index (χ1) is 15.1. The number of benzene rings is 2. The second kappa shape index (κ2) is 10.7. The quantitative estimate of drug-likeness (QED) is 0.679. The maximum absolute atomic E-state index is 12.7. The van der Waals surface area contributed by atoms with E-state index in [2.05, 4.69) is 15.5 Å². The molecule has 0 aliphatic carbocycles. The van der Waals surface area contributed by atoms with Crippen LogP contribution in [0.15, 0.2) is 42.5 Å². The van der Waals surface area contributed by atoms with Crippen LogP contribution in [0.25, 0.3) is 0 Å². The normalized spacial score (nSPS) is 14.1. The highest BCUT2D eigenvalue weighted by Gasteiger charge is 2.24. The fourth-order valence-electron chi connectivity index (χ4n) is 3.79. The van der Waals surface area contributed by atoms with Gasteiger partial charge in [0.1, 0.15) is 0 Å². The Kier molecular flexibility index (Phi) is 7.76. The first-order valence-corrected chi connectivity index (χ1v) is 10.7. The lowest BCUT2D eigenvalue weighted by Crippen LogP contribution is -2.45. The Hall–Kier alpha value is -3.22. The van der Waals surface area contributed by atoms with Crippen molar-refractivity contribution < 1.29 is 19.1 Å². The maximum Gasteiger partial charge on any atom is 0.253 e. The van der Waals surface area contributed by atoms with Crippen LogP contribution in [0.3, 0.4) is 0 Å². The van der Waals surface area contributed by atoms with E-state index in [1.165, 1.54) is 0 Å². The molecule has 2 aromatic carbocycles. The molecule has 0 atom stereocenters. The van der Waals surface area contributed by atoms with Gasteiger partial charge in [0.2, 0.25) is 0 Å². The fourth-order valence-corrected chi connectivity index (χ4v) is 3.79. The second-order valence-electron chi connectivity index (χ2n) is 7.58. The van der Waals surface area contributed by atoms with Gasteiger partial charge < -0.3 is 25.0 Å². The van der Waals surface area contributed by atoms with Crippen LogP contribution in [0.1, 0.15) is 46.9 Å². The van der Waals surface area contributed by atoms with E-state index in [1.807, 2.05) is 31.2 Å². The lowest BCUT2D eigenvalue weighted by molar-refractivity contribution is 0.0929. The number of hydrogen-bond donors (Lipinski definition) is 2. The minimum atomic E-state index is -0.126. The molecule has 1 heterocycles. The minimum Gasteiger partial charge on any atom is -0.493 e. The summed E-state index contributed by atoms with van der Waals surface area (Å²) in [5, 5.41) is 6.08. The number of rotatable bonds is 8. The summed E-state index contributed by atoms with van der Waals surface area (Å²) >= 11 is 0. The third-order valence-electron chi connectivity index (χ3n) is 5.50. The summed E-state index contributed by atoms with van der Waals surface area (Å²) in [6.45, 7) is 4.24. The molecule has 166 valence electrons. The van der Waals surface area contributed by atoms with Crippen LogP contribution in [-0.4, -0.2) is 51.7 Å². The number of piperidine rings is 1. The molecule has 0 aromatic heterocycles. The number of carbonyl (C=O) groups excluding carboxylic acids is 2. The summed E-state index contributed by atoms with van der Waals surface area (Å²) in [6, 6.07) is 12.9. The number of nitrogens with one attached hydrogen (secondary N) is 2. The van der Waals surface area contributed by atoms with Gasteiger partial charge in [0.15, 0.2) is 11.5 Å². The van der Waals surface area contributed by atoms with Crippen molar-refractivity contribution in [1.29, 1.82) is 0 Å². The monoisotopic (exact) mass is 425 g/mol. The van der Waals surface area contributed by atoms with E-state index in [4.69, 9.17) is 9.47 Å². The van der Waals surface area contributed by atoms with E-state index in [0.29, 0.717) is 29.2 Å². The Bertz CT molecular complexity index is 907. The lowest BCUT2D eigenvalue weighted by atomic mass is 10.0. The number of nitrogens with zero attached hydrogens (tertiary/aromatic N) is 1. The van der Waals surface area contributed by atoms with Crippen molar-refractivity contribution in [3.05, 3.63) is 53.6 Å². The van der Waals surface area contributed by atoms with Gasteiger partial charge in [-0.2, -0.15) is 0 Å². The van der Waals surface area contributed by atoms with E-state index < -0.39 is 0 Å². The topological polar surface area (TPSA) is 79.9 Å². The highest BCUT2D eigenvalue weighted by atomic mass is 16.5. The van der Waals surface area contributed by atoms with Gasteiger partial charge in [-0.15, -0.1) is 0 Å². The Morgan fingerprint density at radius 2 is 1.71 bits per heavy atom. The molecule has 0 spiro atoms. The molecule has 2 N–H and O–H groups in total. The predicted octanol–water partition coefficient (Wildman–Crippen LogP) is 3.24. The van der Waals surface area contributed by atoms with E-state index in [0.717, 1.165) is 38.0 Å². The van der Waals surface area contributed by atoms with Gasteiger partial charge in [-0.05, 0) is 49.6 Å². The van der Waals surface area contributed by atoms with Crippen LogP contribution < -0.4 is 25.0 Å². The summed E-state index contributed by atoms with van der Waals surface area (Å²) < 4.78 is 10.5. The summed E-state index contributed by atoms with van der Waals surface area (Å²) in [5.41, 5.74) is 2.18. The average Bonchev–Trinajstić information content (AvgIpc) is 2.82. The number of amides is 2. The maximum atomic E-state index is 12.7. The summed E-state index contributed by atoms with van der Waals surface area (Å²) in [4.78, 5) is 27.4. The Morgan fingerprint density at radius 1 is 1.00 bits per heavy atom. The Balaban J connectivity index is 1.60. The molecule has 0 saturated carbocycles. The van der Waals surface area contributed by atoms with Crippen molar-refractivity contribution in [3.8, 4) is 11.5 Å². The molecule has 1 saturated heterocycles. The van der Waals surface area contributed by atoms with E-state index in [9.17, 15) is 9.59 Å². The Morgan fingerprint density at radius 3 is 2.39 bits per heavy atom. The molecule has 2 amide bonds. The van der Waals surface area contributed by atoms with Crippen molar-refractivity contribution in [1.82, 2.24) is 10.6 Å². The van der Waals surface area contributed by atoms with Crippen LogP contribution in [0.4, 0.5) is 5.69 Å². The smallest absolute Gasteiger partial charge is 0.253 e. The molecule has 31 heavy (non-hydrogen) atoms. The first-order valence-electron chi connectivity index (χ1n) is 10.7. The molecule has 2 aromatic rings. The fraction of sp³-hybridized carbons (Fsp3) is 0.417. The number of para-hydroxylation sites is 1. The van der Waals surface area contributed by atoms with Gasteiger partial charge in [0.25, 0.3) is 11.8 Å². The third-order valence-corrected chi connectivity index (χ3v) is 5.50. The van der Waals surface area contributed by atoms with Crippen molar-refractivity contribution in [3.63, 3.8) is 0 Å². The molecule has 7 nitrogen and oxygen atoms in total. The molecule has 0 unspecified atom stereocenters. The molecule has 7 heteroatoms. The zero-order valence-corrected chi connectivity index (χ0v) is 18.4. The summed E-state index contributed by atoms with van der Waals surface area (Å²) in [6.07, 6.45) is 2.52. The zero-order chi connectivity index (χ0) is 22.2. The van der Waals surface area contributed by atoms with Crippen molar-refractivity contribution >= 4 is 17.5 Å². The van der Waals surface area contributed by atoms with Crippen LogP contribution in [0.5, 0.6) is 11.5 Å². The highest BCUT2D eigenvalue weighted by molar-refractivity contribution is 5.99. The molecule has 0 bridgehead atoms. The standard InChI is InChI=1S/C24H31N3O4/c1-4-13-25-24(29)19-7-5-6-8-20(19)27-14-11-18(12-15-27)26-23(28)17-9-10-21(30-2)22(16-17)31-3/h5-10,16,18H,4,11-15H2,1-3H3,(H,25,29)(H,26,28). The molecule has 1 aliphatic heterocycles. The molecular formula is C24H31N3O4. The predicted molar refractivity (Wildman–Crippen MR) is 121 cm³/mol. The average molecular weight is 426 g/mol. The molecule has 0 radical (unpaired) electrons. The van der Waals surface area contributed by atoms with Crippen molar-refractivity contribution in [2.45, 2.75) is 32.2 Å². The number of methoxy groups -OCH3 is 2. The lowest BCUT2D eigenvalue weighted by Gasteiger charge is -2.35. The largest absolute Gasteiger partial charge is 0.493 e. The highest BCUT2D eigenvalue weighted by Crippen LogP contribution is 2.28. The van der Waals surface area contributed by atoms with Crippen LogP contribution in [0.2, 0.25) is 0 Å². The number of hydrogen-bond acceptors (Lipinski definition) is 5. The second-order valence-corrected chi connectivity index (χ2v) is 7.58. The van der Waals surface area contributed by atoms with Gasteiger partial charge >= 0.3 is 0 Å². The summed E-state index contributed by atoms with van der Waals surface area (Å²) in [7, 11) is 3.12. The molecule has 1 fully saturated rings. The summed E-state index contributed by atoms with van der Waals surface area (Å²) in [5.74, 6) is 0.956. The molecule has 1 aliphatic rings. The van der Waals surface area contributed by atoms with E-state index in [-0.39, 0.29) is 17.9 Å². The van der Waals surface area contributed by atoms with E-state index >= 15 is 0 Å². The number of carbonyl (C=O) groups is 2. The van der Waals surface area contributed by atoms with E-state index in [1.54, 1.807) is 32.4 Å². The molecule has 3 rings (SSSR count). The first kappa shape index (κ1) is 22.5. The van der Waals surface area contributed by atoms with Gasteiger partial charge in [0, 0.05) is 36.9 Å².